The molecule has 20 heavy (non-hydrogen) atoms. The molecular weight excluding hydrogens is 256 g/mol. The molecule has 6 heteroatoms. The second-order valence-corrected chi connectivity index (χ2v) is 5.21. The van der Waals surface area contributed by atoms with Gasteiger partial charge >= 0.3 is 0 Å². The van der Waals surface area contributed by atoms with Gasteiger partial charge in [0.05, 0.1) is 12.8 Å². The summed E-state index contributed by atoms with van der Waals surface area (Å²) in [6.45, 7) is 3.75. The third kappa shape index (κ3) is 2.85. The van der Waals surface area contributed by atoms with Crippen LogP contribution in [0.15, 0.2) is 12.1 Å². The van der Waals surface area contributed by atoms with Crippen molar-refractivity contribution < 1.29 is 9.53 Å². The average molecular weight is 276 g/mol. The van der Waals surface area contributed by atoms with Crippen molar-refractivity contribution in [2.45, 2.75) is 18.9 Å². The van der Waals surface area contributed by atoms with Crippen LogP contribution in [0.2, 0.25) is 0 Å². The monoisotopic (exact) mass is 276 g/mol. The van der Waals surface area contributed by atoms with Crippen LogP contribution in [0.4, 0.5) is 5.69 Å². The zero-order chi connectivity index (χ0) is 13.9. The Hall–Kier alpha value is -1.82. The first-order valence-corrected chi connectivity index (χ1v) is 7.09. The number of nitrogens with zero attached hydrogens (tertiary/aromatic N) is 2. The van der Waals surface area contributed by atoms with Crippen LogP contribution in [0.5, 0.6) is 5.88 Å². The SMILES string of the molecule is COc1nc(C(=O)NC2CC2)ccc1N1CCNCC1. The molecule has 2 fully saturated rings. The highest BCUT2D eigenvalue weighted by atomic mass is 16.5. The lowest BCUT2D eigenvalue weighted by atomic mass is 10.2. The topological polar surface area (TPSA) is 66.5 Å². The fourth-order valence-corrected chi connectivity index (χ4v) is 2.34. The third-order valence-corrected chi connectivity index (χ3v) is 3.64. The molecule has 1 saturated carbocycles. The Morgan fingerprint density at radius 3 is 2.80 bits per heavy atom. The highest BCUT2D eigenvalue weighted by molar-refractivity contribution is 5.93. The largest absolute Gasteiger partial charge is 0.480 e. The van der Waals surface area contributed by atoms with Crippen LogP contribution >= 0.6 is 0 Å². The van der Waals surface area contributed by atoms with Gasteiger partial charge in [-0.1, -0.05) is 0 Å². The molecule has 3 rings (SSSR count). The molecule has 1 amide bonds. The summed E-state index contributed by atoms with van der Waals surface area (Å²) < 4.78 is 5.36. The van der Waals surface area contributed by atoms with Gasteiger partial charge in [0.25, 0.3) is 5.91 Å². The lowest BCUT2D eigenvalue weighted by Gasteiger charge is -2.30. The Bertz CT molecular complexity index is 496. The van der Waals surface area contributed by atoms with Crippen LogP contribution in [0.3, 0.4) is 0 Å². The molecule has 1 aromatic heterocycles. The summed E-state index contributed by atoms with van der Waals surface area (Å²) >= 11 is 0. The molecule has 1 aromatic rings. The second-order valence-electron chi connectivity index (χ2n) is 5.21. The molecule has 0 atom stereocenters. The first kappa shape index (κ1) is 13.2. The number of carbonyl (C=O) groups excluding carboxylic acids is 1. The molecule has 0 spiro atoms. The summed E-state index contributed by atoms with van der Waals surface area (Å²) in [7, 11) is 1.59. The molecule has 2 heterocycles. The maximum atomic E-state index is 12.0. The van der Waals surface area contributed by atoms with Crippen LogP contribution in [-0.4, -0.2) is 50.2 Å². The first-order chi connectivity index (χ1) is 9.78. The van der Waals surface area contributed by atoms with Crippen LogP contribution in [0.1, 0.15) is 23.3 Å². The van der Waals surface area contributed by atoms with E-state index in [1.807, 2.05) is 6.07 Å². The van der Waals surface area contributed by atoms with E-state index in [4.69, 9.17) is 4.74 Å². The van der Waals surface area contributed by atoms with Crippen LogP contribution in [-0.2, 0) is 0 Å². The average Bonchev–Trinajstić information content (AvgIpc) is 3.31. The minimum Gasteiger partial charge on any atom is -0.480 e. The van der Waals surface area contributed by atoms with Gasteiger partial charge in [-0.3, -0.25) is 4.79 Å². The minimum absolute atomic E-state index is 0.113. The predicted molar refractivity (Wildman–Crippen MR) is 76.4 cm³/mol. The number of piperazine rings is 1. The molecule has 6 nitrogen and oxygen atoms in total. The van der Waals surface area contributed by atoms with Crippen molar-refractivity contribution in [3.05, 3.63) is 17.8 Å². The zero-order valence-electron chi connectivity index (χ0n) is 11.7. The summed E-state index contributed by atoms with van der Waals surface area (Å²) in [5.41, 5.74) is 1.38. The van der Waals surface area contributed by atoms with E-state index in [0.29, 0.717) is 17.6 Å². The molecule has 0 unspecified atom stereocenters. The van der Waals surface area contributed by atoms with Crippen LogP contribution in [0.25, 0.3) is 0 Å². The summed E-state index contributed by atoms with van der Waals surface area (Å²) in [5, 5.41) is 6.25. The standard InChI is InChI=1S/C14H20N4O2/c1-20-14-12(18-8-6-15-7-9-18)5-4-11(17-14)13(19)16-10-2-3-10/h4-5,10,15H,2-3,6-9H2,1H3,(H,16,19). The molecule has 1 aliphatic carbocycles. The number of carbonyl (C=O) groups is 1. The lowest BCUT2D eigenvalue weighted by molar-refractivity contribution is 0.0945. The van der Waals surface area contributed by atoms with Crippen LogP contribution in [0, 0.1) is 0 Å². The summed E-state index contributed by atoms with van der Waals surface area (Å²) in [6.07, 6.45) is 2.14. The molecule has 108 valence electrons. The van der Waals surface area contributed by atoms with Crippen molar-refractivity contribution in [2.75, 3.05) is 38.2 Å². The van der Waals surface area contributed by atoms with E-state index in [-0.39, 0.29) is 5.91 Å². The highest BCUT2D eigenvalue weighted by Crippen LogP contribution is 2.27. The maximum absolute atomic E-state index is 12.0. The highest BCUT2D eigenvalue weighted by Gasteiger charge is 2.25. The van der Waals surface area contributed by atoms with Crippen LogP contribution < -0.4 is 20.3 Å². The fraction of sp³-hybridized carbons (Fsp3) is 0.571. The summed E-state index contributed by atoms with van der Waals surface area (Å²) in [4.78, 5) is 18.6. The zero-order valence-corrected chi connectivity index (χ0v) is 11.7. The fourth-order valence-electron chi connectivity index (χ4n) is 2.34. The van der Waals surface area contributed by atoms with Gasteiger partial charge in [-0.05, 0) is 25.0 Å². The van der Waals surface area contributed by atoms with Gasteiger partial charge in [-0.2, -0.15) is 0 Å². The number of ether oxygens (including phenoxy) is 1. The summed E-state index contributed by atoms with van der Waals surface area (Å²) in [6, 6.07) is 4.04. The molecule has 2 N–H and O–H groups in total. The van der Waals surface area contributed by atoms with Gasteiger partial charge in [0.15, 0.2) is 0 Å². The van der Waals surface area contributed by atoms with E-state index < -0.39 is 0 Å². The van der Waals surface area contributed by atoms with Crippen molar-refractivity contribution >= 4 is 11.6 Å². The van der Waals surface area contributed by atoms with Crippen molar-refractivity contribution in [2.24, 2.45) is 0 Å². The maximum Gasteiger partial charge on any atom is 0.270 e. The molecule has 0 aromatic carbocycles. The van der Waals surface area contributed by atoms with E-state index in [0.717, 1.165) is 44.7 Å². The van der Waals surface area contributed by atoms with Crippen molar-refractivity contribution in [1.82, 2.24) is 15.6 Å². The van der Waals surface area contributed by atoms with Crippen molar-refractivity contribution in [3.8, 4) is 5.88 Å². The number of pyridine rings is 1. The molecule has 2 aliphatic rings. The predicted octanol–water partition coefficient (Wildman–Crippen LogP) is 0.392. The van der Waals surface area contributed by atoms with Gasteiger partial charge in [0, 0.05) is 32.2 Å². The second kappa shape index (κ2) is 5.66. The number of hydrogen-bond acceptors (Lipinski definition) is 5. The van der Waals surface area contributed by atoms with Gasteiger partial charge in [-0.25, -0.2) is 4.98 Å². The minimum atomic E-state index is -0.113. The molecule has 0 radical (unpaired) electrons. The number of aromatic nitrogens is 1. The van der Waals surface area contributed by atoms with E-state index >= 15 is 0 Å². The number of hydrogen-bond donors (Lipinski definition) is 2. The van der Waals surface area contributed by atoms with Gasteiger partial charge in [0.1, 0.15) is 5.69 Å². The normalized spacial score (nSPS) is 18.8. The smallest absolute Gasteiger partial charge is 0.270 e. The Morgan fingerprint density at radius 1 is 1.40 bits per heavy atom. The van der Waals surface area contributed by atoms with E-state index in [2.05, 4.69) is 20.5 Å². The van der Waals surface area contributed by atoms with Crippen molar-refractivity contribution in [3.63, 3.8) is 0 Å². The number of nitrogens with one attached hydrogen (secondary N) is 2. The number of rotatable bonds is 4. The molecule has 0 bridgehead atoms. The molecular formula is C14H20N4O2. The van der Waals surface area contributed by atoms with E-state index in [9.17, 15) is 4.79 Å². The number of amides is 1. The Morgan fingerprint density at radius 2 is 2.15 bits per heavy atom. The summed E-state index contributed by atoms with van der Waals surface area (Å²) in [5.74, 6) is 0.410. The van der Waals surface area contributed by atoms with Crippen molar-refractivity contribution in [1.29, 1.82) is 0 Å². The first-order valence-electron chi connectivity index (χ1n) is 7.09. The van der Waals surface area contributed by atoms with Gasteiger partial charge in [0.2, 0.25) is 5.88 Å². The van der Waals surface area contributed by atoms with Gasteiger partial charge < -0.3 is 20.3 Å². The Labute approximate surface area is 118 Å². The molecule has 1 aliphatic heterocycles. The Balaban J connectivity index is 1.79. The van der Waals surface area contributed by atoms with Gasteiger partial charge in [-0.15, -0.1) is 0 Å². The Kier molecular flexibility index (Phi) is 3.73. The number of methoxy groups -OCH3 is 1. The van der Waals surface area contributed by atoms with E-state index in [1.54, 1.807) is 13.2 Å². The molecule has 1 saturated heterocycles. The van der Waals surface area contributed by atoms with E-state index in [1.165, 1.54) is 0 Å². The number of anilines is 1. The quantitative estimate of drug-likeness (QED) is 0.833. The lowest BCUT2D eigenvalue weighted by Crippen LogP contribution is -2.43. The third-order valence-electron chi connectivity index (χ3n) is 3.64.